The molecule has 0 saturated carbocycles. The molecule has 0 fully saturated rings. The Balaban J connectivity index is 1.30. The van der Waals surface area contributed by atoms with E-state index in [2.05, 4.69) is 172 Å². The third-order valence-corrected chi connectivity index (χ3v) is 11.6. The maximum Gasteiger partial charge on any atom is 0.0159 e. The van der Waals surface area contributed by atoms with Crippen LogP contribution in [0, 0.1) is 0 Å². The Morgan fingerprint density at radius 3 is 1.73 bits per heavy atom. The summed E-state index contributed by atoms with van der Waals surface area (Å²) in [5.41, 5.74) is 10.7. The molecule has 0 unspecified atom stereocenters. The van der Waals surface area contributed by atoms with Gasteiger partial charge in [0.2, 0.25) is 0 Å². The molecule has 49 heavy (non-hydrogen) atoms. The van der Waals surface area contributed by atoms with Crippen molar-refractivity contribution in [3.05, 3.63) is 169 Å². The SMILES string of the molecule is CC1(C)c2ccccc2-c2ccc(-c3c4ccccc4c(-c4ccc5ccc6cccc7ccc4c5c67)c4c3ccc3ccccc34)cc21. The van der Waals surface area contributed by atoms with Crippen molar-refractivity contribution < 1.29 is 0 Å². The minimum Gasteiger partial charge on any atom is -0.0619 e. The molecule has 0 heterocycles. The predicted molar refractivity (Wildman–Crippen MR) is 211 cm³/mol. The highest BCUT2D eigenvalue weighted by molar-refractivity contribution is 6.32. The molecule has 0 amide bonds. The first-order valence-corrected chi connectivity index (χ1v) is 17.4. The standard InChI is InChI=1S/C49H32/c1-49(2)42-17-8-7-14-35(42)36-24-23-33(28-43(36)49)45-37-15-5-6-16-38(37)48(47-34-13-4-3-10-29(34)20-27-41(45)47)40-26-22-32-19-18-30-11-9-12-31-21-25-39(40)46(32)44(30)31/h3-28H,1-2H3. The summed E-state index contributed by atoms with van der Waals surface area (Å²) < 4.78 is 0. The minimum absolute atomic E-state index is 0.0676. The lowest BCUT2D eigenvalue weighted by Crippen LogP contribution is -2.14. The monoisotopic (exact) mass is 620 g/mol. The van der Waals surface area contributed by atoms with Crippen LogP contribution in [0.5, 0.6) is 0 Å². The lowest BCUT2D eigenvalue weighted by Gasteiger charge is -2.24. The summed E-state index contributed by atoms with van der Waals surface area (Å²) in [5.74, 6) is 0. The largest absolute Gasteiger partial charge is 0.0619 e. The zero-order valence-electron chi connectivity index (χ0n) is 27.5. The van der Waals surface area contributed by atoms with Crippen LogP contribution in [0.2, 0.25) is 0 Å². The summed E-state index contributed by atoms with van der Waals surface area (Å²) in [6.07, 6.45) is 0. The Morgan fingerprint density at radius 1 is 0.327 bits per heavy atom. The predicted octanol–water partition coefficient (Wildman–Crippen LogP) is 13.7. The van der Waals surface area contributed by atoms with Crippen molar-refractivity contribution in [2.75, 3.05) is 0 Å². The van der Waals surface area contributed by atoms with Crippen molar-refractivity contribution in [1.29, 1.82) is 0 Å². The summed E-state index contributed by atoms with van der Waals surface area (Å²) >= 11 is 0. The Labute approximate surface area is 285 Å². The van der Waals surface area contributed by atoms with Gasteiger partial charge in [0.25, 0.3) is 0 Å². The molecule has 0 spiro atoms. The molecule has 10 aromatic rings. The Hall–Kier alpha value is -5.98. The first-order valence-electron chi connectivity index (χ1n) is 17.4. The lowest BCUT2D eigenvalue weighted by molar-refractivity contribution is 0.660. The summed E-state index contributed by atoms with van der Waals surface area (Å²) in [5, 5.41) is 15.7. The molecule has 0 bridgehead atoms. The number of hydrogen-bond donors (Lipinski definition) is 0. The molecule has 0 saturated heterocycles. The van der Waals surface area contributed by atoms with E-state index in [1.54, 1.807) is 0 Å². The third kappa shape index (κ3) is 3.53. The minimum atomic E-state index is -0.0676. The quantitative estimate of drug-likeness (QED) is 0.133. The maximum absolute atomic E-state index is 2.49. The van der Waals surface area contributed by atoms with E-state index < -0.39 is 0 Å². The van der Waals surface area contributed by atoms with Crippen molar-refractivity contribution in [2.24, 2.45) is 0 Å². The molecular formula is C49H32. The zero-order chi connectivity index (χ0) is 32.4. The molecule has 228 valence electrons. The van der Waals surface area contributed by atoms with E-state index >= 15 is 0 Å². The van der Waals surface area contributed by atoms with Crippen LogP contribution in [-0.4, -0.2) is 0 Å². The van der Waals surface area contributed by atoms with Crippen LogP contribution in [0.1, 0.15) is 25.0 Å². The van der Waals surface area contributed by atoms with Crippen LogP contribution in [0.25, 0.3) is 98.0 Å². The second-order valence-corrected chi connectivity index (χ2v) is 14.4. The molecule has 0 N–H and O–H groups in total. The average Bonchev–Trinajstić information content (AvgIpc) is 3.38. The maximum atomic E-state index is 2.49. The highest BCUT2D eigenvalue weighted by Gasteiger charge is 2.35. The average molecular weight is 621 g/mol. The highest BCUT2D eigenvalue weighted by atomic mass is 14.4. The number of rotatable bonds is 2. The summed E-state index contributed by atoms with van der Waals surface area (Å²) in [4.78, 5) is 0. The molecule has 0 atom stereocenters. The molecule has 1 aliphatic carbocycles. The molecule has 1 aliphatic rings. The van der Waals surface area contributed by atoms with Crippen LogP contribution in [0.15, 0.2) is 158 Å². The normalized spacial score (nSPS) is 13.7. The van der Waals surface area contributed by atoms with Gasteiger partial charge < -0.3 is 0 Å². The number of fused-ring (bicyclic) bond motifs is 7. The molecule has 0 aromatic heterocycles. The summed E-state index contributed by atoms with van der Waals surface area (Å²) in [6, 6.07) is 59.5. The molecule has 10 aromatic carbocycles. The summed E-state index contributed by atoms with van der Waals surface area (Å²) in [6.45, 7) is 4.75. The van der Waals surface area contributed by atoms with Crippen LogP contribution in [0.3, 0.4) is 0 Å². The van der Waals surface area contributed by atoms with Crippen molar-refractivity contribution in [3.8, 4) is 33.4 Å². The van der Waals surface area contributed by atoms with Crippen LogP contribution >= 0.6 is 0 Å². The van der Waals surface area contributed by atoms with E-state index in [4.69, 9.17) is 0 Å². The van der Waals surface area contributed by atoms with Crippen LogP contribution < -0.4 is 0 Å². The fraction of sp³-hybridized carbons (Fsp3) is 0.0612. The van der Waals surface area contributed by atoms with E-state index in [1.807, 2.05) is 0 Å². The van der Waals surface area contributed by atoms with Gasteiger partial charge in [0.1, 0.15) is 0 Å². The van der Waals surface area contributed by atoms with E-state index in [0.717, 1.165) is 0 Å². The fourth-order valence-electron chi connectivity index (χ4n) is 9.35. The molecule has 0 nitrogen and oxygen atoms in total. The van der Waals surface area contributed by atoms with Crippen molar-refractivity contribution in [2.45, 2.75) is 19.3 Å². The van der Waals surface area contributed by atoms with Gasteiger partial charge in [-0.05, 0) is 115 Å². The van der Waals surface area contributed by atoms with Gasteiger partial charge in [-0.1, -0.05) is 166 Å². The smallest absolute Gasteiger partial charge is 0.0159 e. The van der Waals surface area contributed by atoms with E-state index in [-0.39, 0.29) is 5.41 Å². The van der Waals surface area contributed by atoms with Crippen molar-refractivity contribution in [1.82, 2.24) is 0 Å². The number of hydrogen-bond acceptors (Lipinski definition) is 0. The molecule has 0 aliphatic heterocycles. The van der Waals surface area contributed by atoms with E-state index in [0.29, 0.717) is 0 Å². The van der Waals surface area contributed by atoms with Crippen LogP contribution in [0.4, 0.5) is 0 Å². The zero-order valence-corrected chi connectivity index (χ0v) is 27.5. The van der Waals surface area contributed by atoms with Gasteiger partial charge >= 0.3 is 0 Å². The molecule has 11 rings (SSSR count). The van der Waals surface area contributed by atoms with Crippen molar-refractivity contribution in [3.63, 3.8) is 0 Å². The Morgan fingerprint density at radius 2 is 0.898 bits per heavy atom. The molecular weight excluding hydrogens is 589 g/mol. The Kier molecular flexibility index (Phi) is 5.27. The fourth-order valence-corrected chi connectivity index (χ4v) is 9.35. The van der Waals surface area contributed by atoms with E-state index in [9.17, 15) is 0 Å². The second kappa shape index (κ2) is 9.56. The third-order valence-electron chi connectivity index (χ3n) is 11.6. The second-order valence-electron chi connectivity index (χ2n) is 14.4. The van der Waals surface area contributed by atoms with Gasteiger partial charge in [-0.2, -0.15) is 0 Å². The van der Waals surface area contributed by atoms with Gasteiger partial charge in [-0.15, -0.1) is 0 Å². The highest BCUT2D eigenvalue weighted by Crippen LogP contribution is 2.52. The van der Waals surface area contributed by atoms with Gasteiger partial charge in [0.15, 0.2) is 0 Å². The number of benzene rings is 10. The van der Waals surface area contributed by atoms with Gasteiger partial charge in [0.05, 0.1) is 0 Å². The van der Waals surface area contributed by atoms with Gasteiger partial charge in [0, 0.05) is 5.41 Å². The van der Waals surface area contributed by atoms with Crippen molar-refractivity contribution >= 4 is 64.6 Å². The van der Waals surface area contributed by atoms with Gasteiger partial charge in [-0.3, -0.25) is 0 Å². The lowest BCUT2D eigenvalue weighted by atomic mass is 9.79. The molecule has 0 radical (unpaired) electrons. The van der Waals surface area contributed by atoms with E-state index in [1.165, 1.54) is 109 Å². The first kappa shape index (κ1) is 27.0. The Bertz CT molecular complexity index is 2990. The topological polar surface area (TPSA) is 0 Å². The summed E-state index contributed by atoms with van der Waals surface area (Å²) in [7, 11) is 0. The first-order chi connectivity index (χ1) is 24.1. The van der Waals surface area contributed by atoms with Crippen LogP contribution in [-0.2, 0) is 5.41 Å². The molecule has 0 heteroatoms. The van der Waals surface area contributed by atoms with Gasteiger partial charge in [-0.25, -0.2) is 0 Å².